The quantitative estimate of drug-likeness (QED) is 0.752. The highest BCUT2D eigenvalue weighted by Crippen LogP contribution is 2.22. The van der Waals surface area contributed by atoms with Crippen molar-refractivity contribution in [1.29, 1.82) is 0 Å². The maximum atomic E-state index is 12.7. The molecule has 1 aromatic heterocycles. The van der Waals surface area contributed by atoms with E-state index in [0.717, 1.165) is 24.8 Å². The average Bonchev–Trinajstić information content (AvgIpc) is 3.20. The Balaban J connectivity index is 2.18. The number of aryl methyl sites for hydroxylation is 1. The van der Waals surface area contributed by atoms with E-state index in [9.17, 15) is 14.4 Å². The zero-order valence-electron chi connectivity index (χ0n) is 14.3. The Morgan fingerprint density at radius 3 is 2.48 bits per heavy atom. The molecular formula is C17H25N3O3. The van der Waals surface area contributed by atoms with Gasteiger partial charge in [-0.2, -0.15) is 0 Å². The SMILES string of the molecule is CCCc1c(C(=O)N(C)CC(=O)NC2CC2)[nH]c(C)c1C(C)=O. The van der Waals surface area contributed by atoms with Gasteiger partial charge in [0.2, 0.25) is 5.91 Å². The highest BCUT2D eigenvalue weighted by Gasteiger charge is 2.27. The van der Waals surface area contributed by atoms with Gasteiger partial charge in [0, 0.05) is 24.3 Å². The van der Waals surface area contributed by atoms with Crippen LogP contribution >= 0.6 is 0 Å². The predicted octanol–water partition coefficient (Wildman–Crippen LogP) is 1.83. The van der Waals surface area contributed by atoms with Crippen molar-refractivity contribution in [1.82, 2.24) is 15.2 Å². The number of carbonyl (C=O) groups is 3. The third-order valence-electron chi connectivity index (χ3n) is 4.03. The molecule has 0 unspecified atom stereocenters. The van der Waals surface area contributed by atoms with Gasteiger partial charge in [-0.25, -0.2) is 0 Å². The number of aromatic nitrogens is 1. The second-order valence-electron chi connectivity index (χ2n) is 6.29. The van der Waals surface area contributed by atoms with Gasteiger partial charge in [0.05, 0.1) is 6.54 Å². The Labute approximate surface area is 136 Å². The van der Waals surface area contributed by atoms with Gasteiger partial charge >= 0.3 is 0 Å². The minimum absolute atomic E-state index is 0.0222. The molecule has 23 heavy (non-hydrogen) atoms. The van der Waals surface area contributed by atoms with Crippen molar-refractivity contribution in [3.63, 3.8) is 0 Å². The lowest BCUT2D eigenvalue weighted by atomic mass is 10.0. The Hall–Kier alpha value is -2.11. The fourth-order valence-electron chi connectivity index (χ4n) is 2.81. The first-order valence-electron chi connectivity index (χ1n) is 8.12. The zero-order chi connectivity index (χ0) is 17.1. The number of H-pyrrole nitrogens is 1. The van der Waals surface area contributed by atoms with E-state index in [1.807, 2.05) is 6.92 Å². The van der Waals surface area contributed by atoms with Crippen molar-refractivity contribution in [2.24, 2.45) is 0 Å². The van der Waals surface area contributed by atoms with E-state index in [2.05, 4.69) is 10.3 Å². The highest BCUT2D eigenvalue weighted by atomic mass is 16.2. The fraction of sp³-hybridized carbons (Fsp3) is 0.588. The van der Waals surface area contributed by atoms with Gasteiger partial charge in [0.25, 0.3) is 5.91 Å². The van der Waals surface area contributed by atoms with Crippen LogP contribution in [0.3, 0.4) is 0 Å². The number of nitrogens with zero attached hydrogens (tertiary/aromatic N) is 1. The molecule has 2 N–H and O–H groups in total. The van der Waals surface area contributed by atoms with E-state index in [-0.39, 0.29) is 30.2 Å². The predicted molar refractivity (Wildman–Crippen MR) is 87.7 cm³/mol. The molecule has 0 saturated heterocycles. The number of aromatic amines is 1. The normalized spacial score (nSPS) is 13.7. The van der Waals surface area contributed by atoms with Crippen LogP contribution in [0.1, 0.15) is 65.2 Å². The smallest absolute Gasteiger partial charge is 0.270 e. The molecule has 0 bridgehead atoms. The Morgan fingerprint density at radius 2 is 1.96 bits per heavy atom. The summed E-state index contributed by atoms with van der Waals surface area (Å²) in [5, 5.41) is 2.87. The van der Waals surface area contributed by atoms with Crippen LogP contribution in [0, 0.1) is 6.92 Å². The molecule has 2 rings (SSSR count). The second kappa shape index (κ2) is 6.98. The van der Waals surface area contributed by atoms with Crippen molar-refractivity contribution in [2.45, 2.75) is 52.5 Å². The number of ketones is 1. The van der Waals surface area contributed by atoms with E-state index in [4.69, 9.17) is 0 Å². The summed E-state index contributed by atoms with van der Waals surface area (Å²) in [6.45, 7) is 5.34. The molecular weight excluding hydrogens is 294 g/mol. The highest BCUT2D eigenvalue weighted by molar-refractivity contribution is 6.03. The molecule has 1 aliphatic rings. The third-order valence-corrected chi connectivity index (χ3v) is 4.03. The summed E-state index contributed by atoms with van der Waals surface area (Å²) < 4.78 is 0. The van der Waals surface area contributed by atoms with Crippen LogP contribution in [0.15, 0.2) is 0 Å². The number of amides is 2. The molecule has 1 heterocycles. The number of nitrogens with one attached hydrogen (secondary N) is 2. The van der Waals surface area contributed by atoms with Gasteiger partial charge < -0.3 is 15.2 Å². The number of hydrogen-bond donors (Lipinski definition) is 2. The number of rotatable bonds is 7. The molecule has 126 valence electrons. The van der Waals surface area contributed by atoms with E-state index in [1.54, 1.807) is 14.0 Å². The van der Waals surface area contributed by atoms with Gasteiger partial charge in [-0.15, -0.1) is 0 Å². The standard InChI is InChI=1S/C17H25N3O3/c1-5-6-13-15(11(3)21)10(2)18-16(13)17(23)20(4)9-14(22)19-12-7-8-12/h12,18H,5-9H2,1-4H3,(H,19,22). The second-order valence-corrected chi connectivity index (χ2v) is 6.29. The number of hydrogen-bond acceptors (Lipinski definition) is 3. The average molecular weight is 319 g/mol. The molecule has 1 aliphatic carbocycles. The first-order chi connectivity index (χ1) is 10.8. The van der Waals surface area contributed by atoms with Gasteiger partial charge in [-0.1, -0.05) is 13.3 Å². The van der Waals surface area contributed by atoms with Crippen LogP contribution in [0.4, 0.5) is 0 Å². The van der Waals surface area contributed by atoms with Crippen molar-refractivity contribution < 1.29 is 14.4 Å². The van der Waals surface area contributed by atoms with Crippen LogP contribution in [0.5, 0.6) is 0 Å². The summed E-state index contributed by atoms with van der Waals surface area (Å²) in [4.78, 5) is 40.8. The topological polar surface area (TPSA) is 82.3 Å². The summed E-state index contributed by atoms with van der Waals surface area (Å²) in [6.07, 6.45) is 3.52. The van der Waals surface area contributed by atoms with Gasteiger partial charge in [-0.05, 0) is 38.7 Å². The molecule has 6 nitrogen and oxygen atoms in total. The monoisotopic (exact) mass is 319 g/mol. The molecule has 2 amide bonds. The van der Waals surface area contributed by atoms with Crippen molar-refractivity contribution in [3.05, 3.63) is 22.5 Å². The first-order valence-corrected chi connectivity index (χ1v) is 8.12. The van der Waals surface area contributed by atoms with Crippen LogP contribution in [0.2, 0.25) is 0 Å². The molecule has 0 aliphatic heterocycles. The molecule has 0 aromatic carbocycles. The molecule has 1 fully saturated rings. The Kier molecular flexibility index (Phi) is 5.23. The largest absolute Gasteiger partial charge is 0.354 e. The van der Waals surface area contributed by atoms with Crippen LogP contribution in [-0.4, -0.2) is 47.1 Å². The number of likely N-dealkylation sites (N-methyl/N-ethyl adjacent to an activating group) is 1. The lowest BCUT2D eigenvalue weighted by Crippen LogP contribution is -2.39. The Bertz CT molecular complexity index is 629. The summed E-state index contributed by atoms with van der Waals surface area (Å²) in [6, 6.07) is 0.277. The lowest BCUT2D eigenvalue weighted by Gasteiger charge is -2.17. The fourth-order valence-corrected chi connectivity index (χ4v) is 2.81. The molecule has 6 heteroatoms. The van der Waals surface area contributed by atoms with Crippen molar-refractivity contribution in [3.8, 4) is 0 Å². The molecule has 0 radical (unpaired) electrons. The third kappa shape index (κ3) is 4.00. The molecule has 0 spiro atoms. The lowest BCUT2D eigenvalue weighted by molar-refractivity contribution is -0.121. The Morgan fingerprint density at radius 1 is 1.30 bits per heavy atom. The minimum atomic E-state index is -0.255. The summed E-state index contributed by atoms with van der Waals surface area (Å²) >= 11 is 0. The molecule has 0 atom stereocenters. The first kappa shape index (κ1) is 17.2. The molecule has 1 aromatic rings. The maximum absolute atomic E-state index is 12.7. The van der Waals surface area contributed by atoms with Crippen molar-refractivity contribution >= 4 is 17.6 Å². The van der Waals surface area contributed by atoms with Crippen LogP contribution < -0.4 is 5.32 Å². The van der Waals surface area contributed by atoms with Gasteiger partial charge in [-0.3, -0.25) is 14.4 Å². The van der Waals surface area contributed by atoms with E-state index < -0.39 is 0 Å². The maximum Gasteiger partial charge on any atom is 0.270 e. The van der Waals surface area contributed by atoms with Crippen molar-refractivity contribution in [2.75, 3.05) is 13.6 Å². The number of Topliss-reactive ketones (excluding diaryl/α,β-unsaturated/α-hetero) is 1. The van der Waals surface area contributed by atoms with E-state index in [1.165, 1.54) is 11.8 Å². The molecule has 1 saturated carbocycles. The summed E-state index contributed by atoms with van der Waals surface area (Å²) in [5.41, 5.74) is 2.50. The van der Waals surface area contributed by atoms with Gasteiger partial charge in [0.1, 0.15) is 5.69 Å². The summed E-state index contributed by atoms with van der Waals surface area (Å²) in [7, 11) is 1.61. The number of carbonyl (C=O) groups excluding carboxylic acids is 3. The van der Waals surface area contributed by atoms with Crippen LogP contribution in [0.25, 0.3) is 0 Å². The van der Waals surface area contributed by atoms with E-state index in [0.29, 0.717) is 23.4 Å². The van der Waals surface area contributed by atoms with Gasteiger partial charge in [0.15, 0.2) is 5.78 Å². The minimum Gasteiger partial charge on any atom is -0.354 e. The zero-order valence-corrected chi connectivity index (χ0v) is 14.3. The van der Waals surface area contributed by atoms with E-state index >= 15 is 0 Å². The van der Waals surface area contributed by atoms with Crippen LogP contribution in [-0.2, 0) is 11.2 Å². The summed E-state index contributed by atoms with van der Waals surface area (Å²) in [5.74, 6) is -0.444.